The number of nitrogens with zero attached hydrogens (tertiary/aromatic N) is 4. The number of para-hydroxylation sites is 1. The van der Waals surface area contributed by atoms with Crippen molar-refractivity contribution >= 4 is 34.3 Å². The number of aromatic nitrogens is 3. The van der Waals surface area contributed by atoms with E-state index in [1.165, 1.54) is 16.5 Å². The lowest BCUT2D eigenvalue weighted by atomic mass is 9.95. The number of rotatable bonds is 9. The number of ketones is 1. The summed E-state index contributed by atoms with van der Waals surface area (Å²) in [6.45, 7) is 9.20. The first-order valence-corrected chi connectivity index (χ1v) is 12.7. The maximum absolute atomic E-state index is 14.1. The number of nitrogens with one attached hydrogen (secondary N) is 1. The van der Waals surface area contributed by atoms with Crippen molar-refractivity contribution < 1.29 is 14.4 Å². The number of fused-ring (bicyclic) bond motifs is 1. The Labute approximate surface area is 222 Å². The van der Waals surface area contributed by atoms with Gasteiger partial charge in [-0.15, -0.1) is 5.10 Å². The van der Waals surface area contributed by atoms with Crippen molar-refractivity contribution in [3.63, 3.8) is 0 Å². The van der Waals surface area contributed by atoms with Crippen LogP contribution in [0.3, 0.4) is 0 Å². The normalized spacial score (nSPS) is 12.2. The quantitative estimate of drug-likeness (QED) is 0.318. The molecule has 2 amide bonds. The van der Waals surface area contributed by atoms with Gasteiger partial charge in [0.1, 0.15) is 18.1 Å². The predicted molar refractivity (Wildman–Crippen MR) is 148 cm³/mol. The van der Waals surface area contributed by atoms with Crippen molar-refractivity contribution in [1.82, 2.24) is 20.3 Å². The Hall–Kier alpha value is -4.33. The first-order valence-electron chi connectivity index (χ1n) is 12.7. The van der Waals surface area contributed by atoms with E-state index in [2.05, 4.69) is 15.6 Å². The summed E-state index contributed by atoms with van der Waals surface area (Å²) >= 11 is 0. The monoisotopic (exact) mass is 511 g/mol. The number of carbonyl (C=O) groups is 3. The van der Waals surface area contributed by atoms with E-state index in [-0.39, 0.29) is 24.1 Å². The third kappa shape index (κ3) is 5.64. The first-order chi connectivity index (χ1) is 18.1. The maximum atomic E-state index is 14.1. The molecule has 3 aromatic carbocycles. The van der Waals surface area contributed by atoms with E-state index in [9.17, 15) is 14.4 Å². The van der Waals surface area contributed by atoms with Crippen LogP contribution in [0.25, 0.3) is 11.0 Å². The first kappa shape index (κ1) is 26.7. The Morgan fingerprint density at radius 3 is 2.29 bits per heavy atom. The molecule has 0 fully saturated rings. The molecule has 0 bridgehead atoms. The van der Waals surface area contributed by atoms with Crippen LogP contribution in [0.4, 0.5) is 5.69 Å². The summed E-state index contributed by atoms with van der Waals surface area (Å²) in [7, 11) is 0. The van der Waals surface area contributed by atoms with Gasteiger partial charge in [-0.2, -0.15) is 0 Å². The van der Waals surface area contributed by atoms with Crippen LogP contribution >= 0.6 is 0 Å². The topological polar surface area (TPSA) is 97.2 Å². The molecule has 0 radical (unpaired) electrons. The highest BCUT2D eigenvalue weighted by Crippen LogP contribution is 2.31. The molecular formula is C30H33N5O3. The van der Waals surface area contributed by atoms with Gasteiger partial charge in [-0.3, -0.25) is 19.3 Å². The number of Topliss-reactive ketones (excluding diaryl/α,β-unsaturated/α-hetero) is 1. The average molecular weight is 512 g/mol. The summed E-state index contributed by atoms with van der Waals surface area (Å²) in [5, 5.41) is 11.5. The molecule has 196 valence electrons. The second-order valence-electron chi connectivity index (χ2n) is 10.1. The molecule has 0 aliphatic heterocycles. The van der Waals surface area contributed by atoms with Crippen LogP contribution in [0, 0.1) is 6.92 Å². The number of amides is 2. The number of hydrogen-bond donors (Lipinski definition) is 1. The molecule has 0 aliphatic rings. The zero-order chi connectivity index (χ0) is 27.4. The van der Waals surface area contributed by atoms with Gasteiger partial charge >= 0.3 is 0 Å². The maximum Gasteiger partial charge on any atom is 0.249 e. The predicted octanol–water partition coefficient (Wildman–Crippen LogP) is 5.02. The van der Waals surface area contributed by atoms with E-state index in [0.29, 0.717) is 28.8 Å². The highest BCUT2D eigenvalue weighted by molar-refractivity contribution is 6.02. The zero-order valence-corrected chi connectivity index (χ0v) is 22.4. The SMILES string of the molecule is CCC(C)(C)NC(=O)[C@H](c1ccccc1C)N(C(=O)Cn1nnc2ccccc21)c1ccc(C(C)=O)cc1. The smallest absolute Gasteiger partial charge is 0.249 e. The Balaban J connectivity index is 1.85. The minimum atomic E-state index is -0.951. The van der Waals surface area contributed by atoms with Gasteiger partial charge in [0, 0.05) is 16.8 Å². The van der Waals surface area contributed by atoms with E-state index in [4.69, 9.17) is 0 Å². The standard InChI is InChI=1S/C30H33N5O3/c1-6-30(4,5)31-29(38)28(24-12-8-7-11-20(24)2)35(23-17-15-22(16-18-23)21(3)36)27(37)19-34-26-14-10-9-13-25(26)32-33-34/h7-18,28H,6,19H2,1-5H3,(H,31,38)/t28-/m0/s1. The minimum absolute atomic E-state index is 0.0820. The molecule has 8 nitrogen and oxygen atoms in total. The minimum Gasteiger partial charge on any atom is -0.349 e. The average Bonchev–Trinajstić information content (AvgIpc) is 3.30. The van der Waals surface area contributed by atoms with Crippen LogP contribution in [0.15, 0.2) is 72.8 Å². The van der Waals surface area contributed by atoms with Crippen molar-refractivity contribution in [2.45, 2.75) is 59.2 Å². The number of aryl methyl sites for hydroxylation is 1. The molecule has 1 N–H and O–H groups in total. The molecular weight excluding hydrogens is 478 g/mol. The van der Waals surface area contributed by atoms with Gasteiger partial charge in [0.25, 0.3) is 0 Å². The van der Waals surface area contributed by atoms with Crippen molar-refractivity contribution in [2.75, 3.05) is 4.90 Å². The summed E-state index contributed by atoms with van der Waals surface area (Å²) in [5.74, 6) is -0.714. The fraction of sp³-hybridized carbons (Fsp3) is 0.300. The van der Waals surface area contributed by atoms with Gasteiger partial charge in [-0.1, -0.05) is 48.5 Å². The summed E-state index contributed by atoms with van der Waals surface area (Å²) in [4.78, 5) is 41.6. The van der Waals surface area contributed by atoms with Crippen molar-refractivity contribution in [2.24, 2.45) is 0 Å². The highest BCUT2D eigenvalue weighted by Gasteiger charge is 2.36. The molecule has 0 spiro atoms. The van der Waals surface area contributed by atoms with Gasteiger partial charge < -0.3 is 5.32 Å². The molecule has 38 heavy (non-hydrogen) atoms. The van der Waals surface area contributed by atoms with Crippen molar-refractivity contribution in [3.05, 3.63) is 89.5 Å². The van der Waals surface area contributed by atoms with E-state index >= 15 is 0 Å². The van der Waals surface area contributed by atoms with Crippen LogP contribution in [0.2, 0.25) is 0 Å². The molecule has 0 saturated carbocycles. The number of anilines is 1. The van der Waals surface area contributed by atoms with Gasteiger partial charge in [0.05, 0.1) is 5.52 Å². The molecule has 1 aromatic heterocycles. The van der Waals surface area contributed by atoms with Crippen LogP contribution in [0.5, 0.6) is 0 Å². The molecule has 4 aromatic rings. The third-order valence-electron chi connectivity index (χ3n) is 6.86. The second-order valence-corrected chi connectivity index (χ2v) is 10.1. The molecule has 8 heteroatoms. The zero-order valence-electron chi connectivity index (χ0n) is 22.4. The summed E-state index contributed by atoms with van der Waals surface area (Å²) in [6, 6.07) is 20.8. The molecule has 1 heterocycles. The van der Waals surface area contributed by atoms with Gasteiger partial charge in [0.2, 0.25) is 11.8 Å². The Morgan fingerprint density at radius 2 is 1.63 bits per heavy atom. The summed E-state index contributed by atoms with van der Waals surface area (Å²) in [5.41, 5.74) is 3.53. The molecule has 0 unspecified atom stereocenters. The van der Waals surface area contributed by atoms with Gasteiger partial charge in [-0.25, -0.2) is 4.68 Å². The lowest BCUT2D eigenvalue weighted by molar-refractivity contribution is -0.128. The van der Waals surface area contributed by atoms with Gasteiger partial charge in [-0.05, 0) is 81.6 Å². The fourth-order valence-electron chi connectivity index (χ4n) is 4.31. The third-order valence-corrected chi connectivity index (χ3v) is 6.86. The Morgan fingerprint density at radius 1 is 0.974 bits per heavy atom. The lowest BCUT2D eigenvalue weighted by Gasteiger charge is -2.35. The Bertz CT molecular complexity index is 1470. The van der Waals surface area contributed by atoms with Gasteiger partial charge in [0.15, 0.2) is 5.78 Å². The van der Waals surface area contributed by atoms with Crippen molar-refractivity contribution in [1.29, 1.82) is 0 Å². The highest BCUT2D eigenvalue weighted by atomic mass is 16.2. The summed E-state index contributed by atoms with van der Waals surface area (Å²) in [6.07, 6.45) is 0.714. The van der Waals surface area contributed by atoms with Crippen LogP contribution in [0.1, 0.15) is 61.6 Å². The number of carbonyl (C=O) groups excluding carboxylic acids is 3. The lowest BCUT2D eigenvalue weighted by Crippen LogP contribution is -2.51. The Kier molecular flexibility index (Phi) is 7.71. The van der Waals surface area contributed by atoms with E-state index in [1.807, 2.05) is 76.2 Å². The van der Waals surface area contributed by atoms with E-state index < -0.39 is 11.6 Å². The van der Waals surface area contributed by atoms with Crippen LogP contribution in [-0.4, -0.2) is 38.1 Å². The fourth-order valence-corrected chi connectivity index (χ4v) is 4.31. The van der Waals surface area contributed by atoms with Crippen molar-refractivity contribution in [3.8, 4) is 0 Å². The molecule has 0 saturated heterocycles. The molecule has 0 aliphatic carbocycles. The van der Waals surface area contributed by atoms with E-state index in [1.54, 1.807) is 24.3 Å². The molecule has 4 rings (SSSR count). The largest absolute Gasteiger partial charge is 0.349 e. The summed E-state index contributed by atoms with van der Waals surface area (Å²) < 4.78 is 1.54. The number of hydrogen-bond acceptors (Lipinski definition) is 5. The second kappa shape index (κ2) is 11.0. The van der Waals surface area contributed by atoms with Crippen LogP contribution in [-0.2, 0) is 16.1 Å². The molecule has 1 atom stereocenters. The van der Waals surface area contributed by atoms with Crippen LogP contribution < -0.4 is 10.2 Å². The van der Waals surface area contributed by atoms with E-state index in [0.717, 1.165) is 11.1 Å². The number of benzene rings is 3.